The Labute approximate surface area is 105 Å². The Hall–Kier alpha value is -2.11. The van der Waals surface area contributed by atoms with Crippen LogP contribution in [-0.2, 0) is 17.8 Å². The number of nitrogens with zero attached hydrogens (tertiary/aromatic N) is 4. The van der Waals surface area contributed by atoms with Crippen LogP contribution in [0.25, 0.3) is 0 Å². The first-order valence-electron chi connectivity index (χ1n) is 5.76. The van der Waals surface area contributed by atoms with Gasteiger partial charge in [-0.05, 0) is 13.8 Å². The van der Waals surface area contributed by atoms with Gasteiger partial charge in [-0.25, -0.2) is 14.8 Å². The summed E-state index contributed by atoms with van der Waals surface area (Å²) in [6.45, 7) is 5.31. The van der Waals surface area contributed by atoms with Gasteiger partial charge in [-0.3, -0.25) is 0 Å². The molecule has 0 aliphatic heterocycles. The standard InChI is InChI=1S/C12H16N4O2/c1-4-15-8-13-5-10(15)7-16-9(2)14-6-11(16)12(17)18-3/h5-6,8H,4,7H2,1-3H3. The van der Waals surface area contributed by atoms with Gasteiger partial charge in [-0.15, -0.1) is 0 Å². The van der Waals surface area contributed by atoms with E-state index in [1.807, 2.05) is 23.0 Å². The maximum absolute atomic E-state index is 11.6. The maximum Gasteiger partial charge on any atom is 0.356 e. The molecule has 2 aromatic rings. The van der Waals surface area contributed by atoms with Gasteiger partial charge >= 0.3 is 5.97 Å². The molecule has 0 amide bonds. The van der Waals surface area contributed by atoms with Gasteiger partial charge in [0.15, 0.2) is 0 Å². The molecule has 0 aliphatic rings. The van der Waals surface area contributed by atoms with Crippen LogP contribution in [0.1, 0.15) is 28.9 Å². The van der Waals surface area contributed by atoms with Crippen molar-refractivity contribution in [1.29, 1.82) is 0 Å². The number of aromatic nitrogens is 4. The fraction of sp³-hybridized carbons (Fsp3) is 0.417. The summed E-state index contributed by atoms with van der Waals surface area (Å²) >= 11 is 0. The molecule has 0 atom stereocenters. The molecule has 6 heteroatoms. The number of carbonyl (C=O) groups is 1. The van der Waals surface area contributed by atoms with E-state index in [-0.39, 0.29) is 5.97 Å². The third kappa shape index (κ3) is 2.13. The van der Waals surface area contributed by atoms with Crippen molar-refractivity contribution in [2.24, 2.45) is 0 Å². The number of carbonyl (C=O) groups excluding carboxylic acids is 1. The number of rotatable bonds is 4. The average Bonchev–Trinajstić information content (AvgIpc) is 2.97. The molecular weight excluding hydrogens is 232 g/mol. The fourth-order valence-corrected chi connectivity index (χ4v) is 1.86. The number of hydrogen-bond donors (Lipinski definition) is 0. The molecule has 0 aliphatic carbocycles. The number of aryl methyl sites for hydroxylation is 2. The van der Waals surface area contributed by atoms with E-state index >= 15 is 0 Å². The van der Waals surface area contributed by atoms with Crippen LogP contribution >= 0.6 is 0 Å². The Balaban J connectivity index is 2.34. The monoisotopic (exact) mass is 248 g/mol. The number of ether oxygens (including phenoxy) is 1. The molecule has 0 unspecified atom stereocenters. The molecule has 0 fully saturated rings. The summed E-state index contributed by atoms with van der Waals surface area (Å²) in [4.78, 5) is 19.9. The van der Waals surface area contributed by atoms with E-state index < -0.39 is 0 Å². The summed E-state index contributed by atoms with van der Waals surface area (Å²) in [6, 6.07) is 0. The van der Waals surface area contributed by atoms with Crippen LogP contribution in [0.15, 0.2) is 18.7 Å². The molecule has 2 heterocycles. The average molecular weight is 248 g/mol. The van der Waals surface area contributed by atoms with Gasteiger partial charge in [0.05, 0.1) is 31.9 Å². The van der Waals surface area contributed by atoms with Gasteiger partial charge < -0.3 is 13.9 Å². The van der Waals surface area contributed by atoms with E-state index in [9.17, 15) is 4.79 Å². The van der Waals surface area contributed by atoms with Crippen LogP contribution in [0, 0.1) is 6.92 Å². The van der Waals surface area contributed by atoms with Crippen LogP contribution in [0.2, 0.25) is 0 Å². The van der Waals surface area contributed by atoms with Crippen molar-refractivity contribution in [3.05, 3.63) is 35.9 Å². The number of esters is 1. The Morgan fingerprint density at radius 1 is 1.44 bits per heavy atom. The molecule has 0 bridgehead atoms. The van der Waals surface area contributed by atoms with Crippen LogP contribution < -0.4 is 0 Å². The van der Waals surface area contributed by atoms with E-state index in [4.69, 9.17) is 4.74 Å². The van der Waals surface area contributed by atoms with Crippen molar-refractivity contribution in [2.75, 3.05) is 7.11 Å². The summed E-state index contributed by atoms with van der Waals surface area (Å²) in [7, 11) is 1.37. The van der Waals surface area contributed by atoms with Crippen molar-refractivity contribution in [3.63, 3.8) is 0 Å². The fourth-order valence-electron chi connectivity index (χ4n) is 1.86. The van der Waals surface area contributed by atoms with Gasteiger partial charge in [0, 0.05) is 12.7 Å². The summed E-state index contributed by atoms with van der Waals surface area (Å²) in [6.07, 6.45) is 5.11. The molecule has 0 aromatic carbocycles. The van der Waals surface area contributed by atoms with E-state index in [1.165, 1.54) is 13.3 Å². The third-order valence-corrected chi connectivity index (χ3v) is 2.91. The number of imidazole rings is 2. The lowest BCUT2D eigenvalue weighted by molar-refractivity contribution is 0.0588. The van der Waals surface area contributed by atoms with E-state index in [0.29, 0.717) is 12.2 Å². The SMILES string of the molecule is CCn1cncc1Cn1c(C(=O)OC)cnc1C. The Morgan fingerprint density at radius 2 is 2.22 bits per heavy atom. The van der Waals surface area contributed by atoms with Gasteiger partial charge in [0.1, 0.15) is 11.5 Å². The molecule has 0 saturated heterocycles. The van der Waals surface area contributed by atoms with Gasteiger partial charge in [-0.1, -0.05) is 0 Å². The maximum atomic E-state index is 11.6. The zero-order valence-corrected chi connectivity index (χ0v) is 10.8. The highest BCUT2D eigenvalue weighted by molar-refractivity contribution is 5.87. The Morgan fingerprint density at radius 3 is 2.89 bits per heavy atom. The van der Waals surface area contributed by atoms with E-state index in [2.05, 4.69) is 9.97 Å². The lowest BCUT2D eigenvalue weighted by Gasteiger charge is -2.10. The summed E-state index contributed by atoms with van der Waals surface area (Å²) in [5, 5.41) is 0. The van der Waals surface area contributed by atoms with Crippen molar-refractivity contribution in [3.8, 4) is 0 Å². The summed E-state index contributed by atoms with van der Waals surface area (Å²) < 4.78 is 8.60. The third-order valence-electron chi connectivity index (χ3n) is 2.91. The summed E-state index contributed by atoms with van der Waals surface area (Å²) in [5.74, 6) is 0.400. The zero-order valence-electron chi connectivity index (χ0n) is 10.8. The second kappa shape index (κ2) is 5.03. The molecule has 0 saturated carbocycles. The lowest BCUT2D eigenvalue weighted by Crippen LogP contribution is -2.14. The molecule has 2 rings (SSSR count). The van der Waals surface area contributed by atoms with Crippen molar-refractivity contribution >= 4 is 5.97 Å². The largest absolute Gasteiger partial charge is 0.464 e. The van der Waals surface area contributed by atoms with Crippen molar-refractivity contribution < 1.29 is 9.53 Å². The molecule has 0 spiro atoms. The highest BCUT2D eigenvalue weighted by atomic mass is 16.5. The summed E-state index contributed by atoms with van der Waals surface area (Å²) in [5.41, 5.74) is 1.49. The highest BCUT2D eigenvalue weighted by Crippen LogP contribution is 2.10. The molecule has 2 aromatic heterocycles. The second-order valence-electron chi connectivity index (χ2n) is 3.94. The van der Waals surface area contributed by atoms with Gasteiger partial charge in [0.2, 0.25) is 0 Å². The first-order valence-corrected chi connectivity index (χ1v) is 5.76. The quantitative estimate of drug-likeness (QED) is 0.764. The highest BCUT2D eigenvalue weighted by Gasteiger charge is 2.16. The first kappa shape index (κ1) is 12.3. The topological polar surface area (TPSA) is 61.9 Å². The van der Waals surface area contributed by atoms with E-state index in [1.54, 1.807) is 12.5 Å². The van der Waals surface area contributed by atoms with Gasteiger partial charge in [-0.2, -0.15) is 0 Å². The first-order chi connectivity index (χ1) is 8.67. The minimum Gasteiger partial charge on any atom is -0.464 e. The molecular formula is C12H16N4O2. The van der Waals surface area contributed by atoms with Crippen LogP contribution in [0.5, 0.6) is 0 Å². The predicted molar refractivity (Wildman–Crippen MR) is 65.3 cm³/mol. The molecule has 96 valence electrons. The number of methoxy groups -OCH3 is 1. The van der Waals surface area contributed by atoms with Crippen LogP contribution in [-0.4, -0.2) is 32.2 Å². The smallest absolute Gasteiger partial charge is 0.356 e. The van der Waals surface area contributed by atoms with Crippen molar-refractivity contribution in [1.82, 2.24) is 19.1 Å². The predicted octanol–water partition coefficient (Wildman–Crippen LogP) is 1.24. The number of hydrogen-bond acceptors (Lipinski definition) is 4. The molecule has 6 nitrogen and oxygen atoms in total. The minimum atomic E-state index is -0.377. The second-order valence-corrected chi connectivity index (χ2v) is 3.94. The molecule has 0 radical (unpaired) electrons. The van der Waals surface area contributed by atoms with E-state index in [0.717, 1.165) is 18.1 Å². The molecule has 18 heavy (non-hydrogen) atoms. The normalized spacial score (nSPS) is 10.6. The minimum absolute atomic E-state index is 0.377. The zero-order chi connectivity index (χ0) is 13.1. The van der Waals surface area contributed by atoms with Gasteiger partial charge in [0.25, 0.3) is 0 Å². The van der Waals surface area contributed by atoms with Crippen LogP contribution in [0.4, 0.5) is 0 Å². The molecule has 0 N–H and O–H groups in total. The van der Waals surface area contributed by atoms with Crippen molar-refractivity contribution in [2.45, 2.75) is 26.9 Å². The Bertz CT molecular complexity index is 556. The van der Waals surface area contributed by atoms with Crippen LogP contribution in [0.3, 0.4) is 0 Å². The Kier molecular flexibility index (Phi) is 3.45. The lowest BCUT2D eigenvalue weighted by atomic mass is 10.4.